The highest BCUT2D eigenvalue weighted by Crippen LogP contribution is 2.35. The van der Waals surface area contributed by atoms with Gasteiger partial charge in [0.2, 0.25) is 0 Å². The van der Waals surface area contributed by atoms with Crippen molar-refractivity contribution in [3.63, 3.8) is 0 Å². The first kappa shape index (κ1) is 15.9. The van der Waals surface area contributed by atoms with Crippen LogP contribution in [0.2, 0.25) is 0 Å². The molecule has 1 aliphatic rings. The van der Waals surface area contributed by atoms with Crippen molar-refractivity contribution in [1.29, 1.82) is 0 Å². The van der Waals surface area contributed by atoms with Crippen molar-refractivity contribution in [3.05, 3.63) is 46.1 Å². The second-order valence-corrected chi connectivity index (χ2v) is 8.48. The maximum absolute atomic E-state index is 13.5. The molecule has 0 spiro atoms. The third-order valence-electron chi connectivity index (χ3n) is 3.76. The second-order valence-electron chi connectivity index (χ2n) is 5.34. The molecule has 5 nitrogen and oxygen atoms in total. The number of fused-ring (bicyclic) bond motifs is 1. The summed E-state index contributed by atoms with van der Waals surface area (Å²) in [5.41, 5.74) is 1.50. The standard InChI is InChI=1S/C15H14FNO4S2/c1-9-7-13(22-14(9)15(18)19)23(20,21)17-6-2-3-10-4-5-11(16)8-12(10)17/h4-5,7-8H,2-3,6H2,1H3,(H,18,19). The van der Waals surface area contributed by atoms with Crippen LogP contribution in [-0.2, 0) is 16.4 Å². The lowest BCUT2D eigenvalue weighted by Crippen LogP contribution is -2.35. The molecule has 0 atom stereocenters. The van der Waals surface area contributed by atoms with Crippen molar-refractivity contribution in [3.8, 4) is 0 Å². The molecule has 0 unspecified atom stereocenters. The number of benzene rings is 1. The largest absolute Gasteiger partial charge is 0.477 e. The van der Waals surface area contributed by atoms with Gasteiger partial charge in [0.25, 0.3) is 10.0 Å². The minimum absolute atomic E-state index is 0.0000464. The van der Waals surface area contributed by atoms with Crippen LogP contribution >= 0.6 is 11.3 Å². The molecule has 0 radical (unpaired) electrons. The molecule has 122 valence electrons. The number of halogens is 1. The van der Waals surface area contributed by atoms with Gasteiger partial charge in [-0.05, 0) is 49.1 Å². The summed E-state index contributed by atoms with van der Waals surface area (Å²) in [5, 5.41) is 9.10. The van der Waals surface area contributed by atoms with Gasteiger partial charge in [0, 0.05) is 6.54 Å². The number of carboxylic acid groups (broad SMARTS) is 1. The minimum atomic E-state index is -3.91. The molecule has 0 fully saturated rings. The number of aryl methyl sites for hydroxylation is 2. The van der Waals surface area contributed by atoms with E-state index in [1.807, 2.05) is 0 Å². The average Bonchev–Trinajstić information content (AvgIpc) is 2.89. The summed E-state index contributed by atoms with van der Waals surface area (Å²) < 4.78 is 40.4. The molecule has 23 heavy (non-hydrogen) atoms. The highest BCUT2D eigenvalue weighted by molar-refractivity contribution is 7.94. The Hall–Kier alpha value is -1.93. The number of nitrogens with zero attached hydrogens (tertiary/aromatic N) is 1. The SMILES string of the molecule is Cc1cc(S(=O)(=O)N2CCCc3ccc(F)cc32)sc1C(=O)O. The van der Waals surface area contributed by atoms with E-state index in [-0.39, 0.29) is 15.6 Å². The summed E-state index contributed by atoms with van der Waals surface area (Å²) in [5.74, 6) is -1.65. The number of hydrogen-bond acceptors (Lipinski definition) is 4. The zero-order chi connectivity index (χ0) is 16.8. The molecule has 1 aliphatic heterocycles. The molecule has 0 aliphatic carbocycles. The summed E-state index contributed by atoms with van der Waals surface area (Å²) in [6.45, 7) is 1.81. The van der Waals surface area contributed by atoms with E-state index in [1.54, 1.807) is 13.0 Å². The Labute approximate surface area is 137 Å². The molecule has 0 bridgehead atoms. The second kappa shape index (κ2) is 5.61. The summed E-state index contributed by atoms with van der Waals surface area (Å²) in [6, 6.07) is 5.48. The van der Waals surface area contributed by atoms with E-state index >= 15 is 0 Å². The molecular weight excluding hydrogens is 341 g/mol. The highest BCUT2D eigenvalue weighted by atomic mass is 32.2. The predicted molar refractivity (Wildman–Crippen MR) is 85.3 cm³/mol. The van der Waals surface area contributed by atoms with Gasteiger partial charge >= 0.3 is 5.97 Å². The lowest BCUT2D eigenvalue weighted by molar-refractivity contribution is 0.0701. The fraction of sp³-hybridized carbons (Fsp3) is 0.267. The van der Waals surface area contributed by atoms with E-state index < -0.39 is 21.8 Å². The van der Waals surface area contributed by atoms with Crippen LogP contribution in [0.4, 0.5) is 10.1 Å². The third-order valence-corrected chi connectivity index (χ3v) is 7.24. The normalized spacial score (nSPS) is 14.6. The third kappa shape index (κ3) is 2.72. The number of rotatable bonds is 3. The van der Waals surface area contributed by atoms with Crippen molar-refractivity contribution in [2.75, 3.05) is 10.8 Å². The molecule has 2 heterocycles. The van der Waals surface area contributed by atoms with Crippen LogP contribution in [0.3, 0.4) is 0 Å². The fourth-order valence-corrected chi connectivity index (χ4v) is 5.69. The number of carboxylic acids is 1. The molecule has 3 rings (SSSR count). The summed E-state index contributed by atoms with van der Waals surface area (Å²) in [4.78, 5) is 11.1. The van der Waals surface area contributed by atoms with Crippen LogP contribution in [0, 0.1) is 12.7 Å². The van der Waals surface area contributed by atoms with Crippen molar-refractivity contribution in [2.45, 2.75) is 24.0 Å². The van der Waals surface area contributed by atoms with Crippen LogP contribution in [0.15, 0.2) is 28.5 Å². The van der Waals surface area contributed by atoms with E-state index in [1.165, 1.54) is 22.5 Å². The Morgan fingerprint density at radius 1 is 1.35 bits per heavy atom. The Morgan fingerprint density at radius 3 is 2.74 bits per heavy atom. The Balaban J connectivity index is 2.10. The van der Waals surface area contributed by atoms with Gasteiger partial charge in [0.1, 0.15) is 14.9 Å². The van der Waals surface area contributed by atoms with E-state index in [2.05, 4.69) is 0 Å². The van der Waals surface area contributed by atoms with Gasteiger partial charge in [-0.25, -0.2) is 17.6 Å². The zero-order valence-electron chi connectivity index (χ0n) is 12.2. The lowest BCUT2D eigenvalue weighted by atomic mass is 10.0. The van der Waals surface area contributed by atoms with Crippen LogP contribution in [0.1, 0.15) is 27.2 Å². The Bertz CT molecular complexity index is 889. The number of carbonyl (C=O) groups is 1. The topological polar surface area (TPSA) is 74.7 Å². The van der Waals surface area contributed by atoms with Crippen LogP contribution in [0.25, 0.3) is 0 Å². The smallest absolute Gasteiger partial charge is 0.346 e. The molecule has 1 aromatic carbocycles. The lowest BCUT2D eigenvalue weighted by Gasteiger charge is -2.30. The predicted octanol–water partition coefficient (Wildman–Crippen LogP) is 3.04. The Morgan fingerprint density at radius 2 is 2.09 bits per heavy atom. The maximum Gasteiger partial charge on any atom is 0.346 e. The van der Waals surface area contributed by atoms with Crippen molar-refractivity contribution in [1.82, 2.24) is 0 Å². The van der Waals surface area contributed by atoms with Crippen molar-refractivity contribution < 1.29 is 22.7 Å². The van der Waals surface area contributed by atoms with Crippen LogP contribution in [-0.4, -0.2) is 26.0 Å². The maximum atomic E-state index is 13.5. The Kier molecular flexibility index (Phi) is 3.89. The van der Waals surface area contributed by atoms with Gasteiger partial charge < -0.3 is 5.11 Å². The molecule has 8 heteroatoms. The number of hydrogen-bond donors (Lipinski definition) is 1. The quantitative estimate of drug-likeness (QED) is 0.918. The number of anilines is 1. The summed E-state index contributed by atoms with van der Waals surface area (Å²) >= 11 is 0.724. The van der Waals surface area contributed by atoms with Crippen molar-refractivity contribution >= 4 is 33.0 Å². The van der Waals surface area contributed by atoms with Crippen molar-refractivity contribution in [2.24, 2.45) is 0 Å². The molecule has 1 N–H and O–H groups in total. The number of aromatic carboxylic acids is 1. The molecule has 2 aromatic rings. The van der Waals surface area contributed by atoms with Crippen LogP contribution in [0.5, 0.6) is 0 Å². The van der Waals surface area contributed by atoms with Gasteiger partial charge in [0.05, 0.1) is 5.69 Å². The first-order valence-corrected chi connectivity index (χ1v) is 9.21. The van der Waals surface area contributed by atoms with E-state index in [0.717, 1.165) is 16.9 Å². The first-order valence-electron chi connectivity index (χ1n) is 6.95. The zero-order valence-corrected chi connectivity index (χ0v) is 13.9. The van der Waals surface area contributed by atoms with Gasteiger partial charge in [-0.15, -0.1) is 11.3 Å². The minimum Gasteiger partial charge on any atom is -0.477 e. The van der Waals surface area contributed by atoms with Gasteiger partial charge in [-0.3, -0.25) is 4.31 Å². The summed E-state index contributed by atoms with van der Waals surface area (Å²) in [6.07, 6.45) is 1.32. The molecule has 0 saturated carbocycles. The van der Waals surface area contributed by atoms with Gasteiger partial charge in [0.15, 0.2) is 0 Å². The number of sulfonamides is 1. The van der Waals surface area contributed by atoms with E-state index in [9.17, 15) is 17.6 Å². The highest BCUT2D eigenvalue weighted by Gasteiger charge is 2.32. The monoisotopic (exact) mass is 355 g/mol. The van der Waals surface area contributed by atoms with Crippen LogP contribution < -0.4 is 4.31 Å². The molecule has 1 aromatic heterocycles. The van der Waals surface area contributed by atoms with E-state index in [0.29, 0.717) is 24.1 Å². The average molecular weight is 355 g/mol. The molecular formula is C15H14FNO4S2. The summed E-state index contributed by atoms with van der Waals surface area (Å²) in [7, 11) is -3.91. The fourth-order valence-electron chi connectivity index (χ4n) is 2.66. The number of thiophene rings is 1. The molecule has 0 amide bonds. The van der Waals surface area contributed by atoms with E-state index in [4.69, 9.17) is 5.11 Å². The van der Waals surface area contributed by atoms with Gasteiger partial charge in [-0.1, -0.05) is 6.07 Å². The molecule has 0 saturated heterocycles. The first-order chi connectivity index (χ1) is 10.8. The van der Waals surface area contributed by atoms with Gasteiger partial charge in [-0.2, -0.15) is 0 Å².